The molecular weight excluding hydrogens is 346 g/mol. The molecule has 0 bridgehead atoms. The van der Waals surface area contributed by atoms with E-state index in [-0.39, 0.29) is 11.8 Å². The lowest BCUT2D eigenvalue weighted by Crippen LogP contribution is -2.56. The van der Waals surface area contributed by atoms with Gasteiger partial charge in [-0.1, -0.05) is 51.1 Å². The number of rotatable bonds is 2. The summed E-state index contributed by atoms with van der Waals surface area (Å²) in [6, 6.07) is 16.9. The Bertz CT molecular complexity index is 933. The second-order valence-corrected chi connectivity index (χ2v) is 8.15. The van der Waals surface area contributed by atoms with Crippen molar-refractivity contribution >= 4 is 0 Å². The van der Waals surface area contributed by atoms with Gasteiger partial charge in [0, 0.05) is 11.6 Å². The van der Waals surface area contributed by atoms with Crippen LogP contribution < -0.4 is 5.32 Å². The molecule has 0 radical (unpaired) electrons. The molecule has 0 fully saturated rings. The van der Waals surface area contributed by atoms with Gasteiger partial charge in [-0.05, 0) is 35.8 Å². The molecule has 1 heterocycles. The molecule has 3 atom stereocenters. The average molecular weight is 369 g/mol. The van der Waals surface area contributed by atoms with E-state index in [1.54, 1.807) is 0 Å². The van der Waals surface area contributed by atoms with Crippen molar-refractivity contribution in [2.45, 2.75) is 39.7 Å². The molecule has 28 heavy (non-hydrogen) atoms. The molecule has 5 heteroatoms. The quantitative estimate of drug-likeness (QED) is 0.833. The molecule has 0 aromatic heterocycles. The molecular formula is C23H23N5. The van der Waals surface area contributed by atoms with Crippen molar-refractivity contribution in [3.05, 3.63) is 47.2 Å². The molecule has 1 aromatic rings. The molecule has 140 valence electrons. The summed E-state index contributed by atoms with van der Waals surface area (Å²) in [5.74, 6) is 0.427. The van der Waals surface area contributed by atoms with Gasteiger partial charge in [0.2, 0.25) is 10.8 Å². The summed E-state index contributed by atoms with van der Waals surface area (Å²) >= 11 is 0. The summed E-state index contributed by atoms with van der Waals surface area (Å²) in [4.78, 5) is 0. The Morgan fingerprint density at radius 2 is 1.57 bits per heavy atom. The van der Waals surface area contributed by atoms with Crippen LogP contribution in [0, 0.1) is 73.9 Å². The summed E-state index contributed by atoms with van der Waals surface area (Å²) in [5.41, 5.74) is -1.41. The van der Waals surface area contributed by atoms with Gasteiger partial charge in [-0.3, -0.25) is 0 Å². The fourth-order valence-electron chi connectivity index (χ4n) is 4.92. The van der Waals surface area contributed by atoms with Gasteiger partial charge >= 0.3 is 0 Å². The van der Waals surface area contributed by atoms with Crippen molar-refractivity contribution in [1.29, 1.82) is 21.0 Å². The number of nitriles is 4. The monoisotopic (exact) mass is 369 g/mol. The van der Waals surface area contributed by atoms with Gasteiger partial charge in [0.1, 0.15) is 0 Å². The Labute approximate surface area is 166 Å². The lowest BCUT2D eigenvalue weighted by atomic mass is 9.51. The molecule has 1 N–H and O–H groups in total. The highest BCUT2D eigenvalue weighted by atomic mass is 15.0. The molecule has 0 unspecified atom stereocenters. The van der Waals surface area contributed by atoms with E-state index in [0.29, 0.717) is 11.5 Å². The molecule has 2 aliphatic rings. The fraction of sp³-hybridized carbons (Fsp3) is 0.478. The molecule has 1 aromatic carbocycles. The van der Waals surface area contributed by atoms with Crippen molar-refractivity contribution in [2.24, 2.45) is 28.6 Å². The highest BCUT2D eigenvalue weighted by Gasteiger charge is 2.66. The van der Waals surface area contributed by atoms with E-state index in [2.05, 4.69) is 43.4 Å². The van der Waals surface area contributed by atoms with Gasteiger partial charge in [-0.2, -0.15) is 21.0 Å². The third-order valence-electron chi connectivity index (χ3n) is 6.42. The van der Waals surface area contributed by atoms with Crippen LogP contribution in [0.2, 0.25) is 0 Å². The van der Waals surface area contributed by atoms with E-state index in [1.165, 1.54) is 0 Å². The average Bonchev–Trinajstić information content (AvgIpc) is 2.72. The lowest BCUT2D eigenvalue weighted by Gasteiger charge is -2.51. The normalized spacial score (nSPS) is 27.4. The standard InChI is InChI=1S/C23H23N5/c1-15(2)18-10-9-16(3)19-20(18)28-21(17-7-5-4-6-8-17)23(13-26,14-27)22(19,11-24)12-25/h4-8,15-16,18,21,28H,9-10H2,1-3H3/t16-,18+,21-/m0/s1. The zero-order chi connectivity index (χ0) is 20.5. The Hall–Kier alpha value is -3.28. The van der Waals surface area contributed by atoms with Gasteiger partial charge in [0.25, 0.3) is 0 Å². The van der Waals surface area contributed by atoms with Gasteiger partial charge in [-0.15, -0.1) is 0 Å². The molecule has 1 aliphatic heterocycles. The molecule has 0 saturated carbocycles. The van der Waals surface area contributed by atoms with E-state index < -0.39 is 16.9 Å². The zero-order valence-electron chi connectivity index (χ0n) is 16.4. The maximum Gasteiger partial charge on any atom is 0.203 e. The minimum atomic E-state index is -1.84. The highest BCUT2D eigenvalue weighted by molar-refractivity contribution is 5.54. The summed E-state index contributed by atoms with van der Waals surface area (Å²) < 4.78 is 0. The Balaban J connectivity index is 2.41. The van der Waals surface area contributed by atoms with Gasteiger partial charge < -0.3 is 5.32 Å². The van der Waals surface area contributed by atoms with Crippen molar-refractivity contribution in [2.75, 3.05) is 0 Å². The summed E-state index contributed by atoms with van der Waals surface area (Å²) in [6.45, 7) is 6.24. The second-order valence-electron chi connectivity index (χ2n) is 8.15. The van der Waals surface area contributed by atoms with E-state index in [9.17, 15) is 21.0 Å². The lowest BCUT2D eigenvalue weighted by molar-refractivity contribution is 0.175. The minimum Gasteiger partial charge on any atom is -0.378 e. The van der Waals surface area contributed by atoms with E-state index >= 15 is 0 Å². The minimum absolute atomic E-state index is 0.0467. The number of benzene rings is 1. The topological polar surface area (TPSA) is 107 Å². The van der Waals surface area contributed by atoms with Gasteiger partial charge in [0.05, 0.1) is 30.3 Å². The van der Waals surface area contributed by atoms with Gasteiger partial charge in [-0.25, -0.2) is 0 Å². The zero-order valence-corrected chi connectivity index (χ0v) is 16.4. The van der Waals surface area contributed by atoms with Crippen molar-refractivity contribution in [1.82, 2.24) is 5.32 Å². The number of nitrogens with zero attached hydrogens (tertiary/aromatic N) is 4. The van der Waals surface area contributed by atoms with Crippen LogP contribution in [0.25, 0.3) is 0 Å². The van der Waals surface area contributed by atoms with Gasteiger partial charge in [0.15, 0.2) is 0 Å². The van der Waals surface area contributed by atoms with Crippen LogP contribution in [0.5, 0.6) is 0 Å². The summed E-state index contributed by atoms with van der Waals surface area (Å²) in [6.07, 6.45) is 1.78. The van der Waals surface area contributed by atoms with Crippen LogP contribution in [0.4, 0.5) is 0 Å². The number of allylic oxidation sites excluding steroid dienone is 2. The molecule has 0 spiro atoms. The first-order valence-corrected chi connectivity index (χ1v) is 9.63. The summed E-state index contributed by atoms with van der Waals surface area (Å²) in [5, 5.41) is 44.4. The predicted octanol–water partition coefficient (Wildman–Crippen LogP) is 4.35. The van der Waals surface area contributed by atoms with E-state index in [0.717, 1.165) is 24.1 Å². The van der Waals surface area contributed by atoms with Crippen molar-refractivity contribution < 1.29 is 0 Å². The number of nitrogens with one attached hydrogen (secondary N) is 1. The second kappa shape index (κ2) is 7.03. The van der Waals surface area contributed by atoms with Crippen LogP contribution >= 0.6 is 0 Å². The summed E-state index contributed by atoms with van der Waals surface area (Å²) in [7, 11) is 0. The first-order valence-electron chi connectivity index (χ1n) is 9.63. The first-order chi connectivity index (χ1) is 13.4. The highest BCUT2D eigenvalue weighted by Crippen LogP contribution is 2.60. The van der Waals surface area contributed by atoms with E-state index in [4.69, 9.17) is 0 Å². The molecule has 1 aliphatic carbocycles. The fourth-order valence-corrected chi connectivity index (χ4v) is 4.92. The van der Waals surface area contributed by atoms with Crippen LogP contribution in [0.15, 0.2) is 41.6 Å². The number of hydrogen-bond donors (Lipinski definition) is 1. The maximum absolute atomic E-state index is 10.2. The third kappa shape index (κ3) is 2.41. The van der Waals surface area contributed by atoms with Crippen LogP contribution in [-0.2, 0) is 0 Å². The molecule has 5 nitrogen and oxygen atoms in total. The third-order valence-corrected chi connectivity index (χ3v) is 6.42. The molecule has 0 amide bonds. The smallest absolute Gasteiger partial charge is 0.203 e. The Kier molecular flexibility index (Phi) is 4.89. The van der Waals surface area contributed by atoms with Crippen LogP contribution in [-0.4, -0.2) is 0 Å². The van der Waals surface area contributed by atoms with Crippen LogP contribution in [0.3, 0.4) is 0 Å². The maximum atomic E-state index is 10.2. The van der Waals surface area contributed by atoms with Crippen LogP contribution in [0.1, 0.15) is 45.2 Å². The predicted molar refractivity (Wildman–Crippen MR) is 103 cm³/mol. The molecule has 0 saturated heterocycles. The van der Waals surface area contributed by atoms with Crippen molar-refractivity contribution in [3.8, 4) is 24.3 Å². The molecule has 3 rings (SSSR count). The van der Waals surface area contributed by atoms with E-state index in [1.807, 2.05) is 37.3 Å². The first kappa shape index (κ1) is 19.5. The Morgan fingerprint density at radius 3 is 2.07 bits per heavy atom. The largest absolute Gasteiger partial charge is 0.378 e. The number of hydrogen-bond acceptors (Lipinski definition) is 5. The SMILES string of the molecule is CC(C)[C@H]1CC[C@H](C)C2=C1N[C@@H](c1ccccc1)C(C#N)(C#N)C2(C#N)C#N. The Morgan fingerprint density at radius 1 is 0.964 bits per heavy atom. The van der Waals surface area contributed by atoms with Crippen molar-refractivity contribution in [3.63, 3.8) is 0 Å².